The molecule has 0 saturated heterocycles. The Kier molecular flexibility index (Phi) is 13.8. The summed E-state index contributed by atoms with van der Waals surface area (Å²) in [6, 6.07) is 15.9. The van der Waals surface area contributed by atoms with Gasteiger partial charge in [-0.15, -0.1) is 46.4 Å². The third-order valence-electron chi connectivity index (χ3n) is 5.45. The second-order valence-electron chi connectivity index (χ2n) is 8.55. The smallest absolute Gasteiger partial charge is 0.0850 e. The maximum absolute atomic E-state index is 9.98. The molecule has 0 amide bonds. The summed E-state index contributed by atoms with van der Waals surface area (Å²) < 4.78 is 0. The quantitative estimate of drug-likeness (QED) is 0.233. The Morgan fingerprint density at radius 1 is 0.486 bits per heavy atom. The predicted octanol–water partition coefficient (Wildman–Crippen LogP) is 3.29. The summed E-state index contributed by atoms with van der Waals surface area (Å²) in [6.07, 6.45) is -2.15. The van der Waals surface area contributed by atoms with Crippen molar-refractivity contribution in [2.45, 2.75) is 30.8 Å². The molecule has 4 atom stereocenters. The minimum atomic E-state index is -0.715. The lowest BCUT2D eigenvalue weighted by Gasteiger charge is -2.29. The van der Waals surface area contributed by atoms with Gasteiger partial charge in [-0.2, -0.15) is 0 Å². The monoisotopic (exact) mass is 566 g/mol. The van der Waals surface area contributed by atoms with Crippen LogP contribution < -0.4 is 9.80 Å². The molecule has 0 fully saturated rings. The highest BCUT2D eigenvalue weighted by atomic mass is 35.5. The molecule has 0 aliphatic carbocycles. The number of hydrogen-bond acceptors (Lipinski definition) is 6. The molecule has 10 heteroatoms. The van der Waals surface area contributed by atoms with Gasteiger partial charge in [0, 0.05) is 37.6 Å². The van der Waals surface area contributed by atoms with E-state index in [4.69, 9.17) is 46.4 Å². The van der Waals surface area contributed by atoms with E-state index in [0.717, 1.165) is 22.5 Å². The van der Waals surface area contributed by atoms with Crippen LogP contribution in [-0.2, 0) is 6.42 Å². The molecule has 0 spiro atoms. The summed E-state index contributed by atoms with van der Waals surface area (Å²) in [5.74, 6) is 0.423. The normalized spacial score (nSPS) is 14.9. The maximum atomic E-state index is 9.98. The lowest BCUT2D eigenvalue weighted by Crippen LogP contribution is -2.39. The topological polar surface area (TPSA) is 87.4 Å². The van der Waals surface area contributed by atoms with E-state index in [1.807, 2.05) is 58.3 Å². The van der Waals surface area contributed by atoms with Crippen LogP contribution >= 0.6 is 46.4 Å². The third kappa shape index (κ3) is 10.5. The Bertz CT molecular complexity index is 751. The second-order valence-corrected chi connectivity index (χ2v) is 9.79. The molecule has 0 aliphatic rings. The van der Waals surface area contributed by atoms with Crippen molar-refractivity contribution in [1.82, 2.24) is 0 Å². The Balaban J connectivity index is 2.09. The van der Waals surface area contributed by atoms with E-state index in [1.54, 1.807) is 0 Å². The van der Waals surface area contributed by atoms with Crippen molar-refractivity contribution in [3.05, 3.63) is 59.7 Å². The van der Waals surface area contributed by atoms with Gasteiger partial charge in [-0.3, -0.25) is 0 Å². The number of nitrogens with zero attached hydrogens (tertiary/aromatic N) is 2. The first kappa shape index (κ1) is 30.3. The van der Waals surface area contributed by atoms with Crippen molar-refractivity contribution < 1.29 is 20.4 Å². The Hall–Kier alpha value is -0.960. The molecule has 2 aromatic carbocycles. The number of hydrogen-bond donors (Lipinski definition) is 4. The van der Waals surface area contributed by atoms with Gasteiger partial charge >= 0.3 is 0 Å². The first-order chi connectivity index (χ1) is 16.8. The molecule has 2 aromatic rings. The molecule has 0 heterocycles. The Morgan fingerprint density at radius 2 is 0.743 bits per heavy atom. The highest BCUT2D eigenvalue weighted by molar-refractivity contribution is 6.18. The van der Waals surface area contributed by atoms with Crippen LogP contribution in [0.15, 0.2) is 48.5 Å². The molecule has 6 nitrogen and oxygen atoms in total. The summed E-state index contributed by atoms with van der Waals surface area (Å²) >= 11 is 23.0. The fourth-order valence-electron chi connectivity index (χ4n) is 3.67. The molecule has 2 rings (SSSR count). The van der Waals surface area contributed by atoms with Crippen LogP contribution in [0.25, 0.3) is 0 Å². The van der Waals surface area contributed by atoms with Gasteiger partial charge in [0.05, 0.1) is 47.9 Å². The summed E-state index contributed by atoms with van der Waals surface area (Å²) in [6.45, 7) is 1.19. The van der Waals surface area contributed by atoms with Gasteiger partial charge in [0.1, 0.15) is 0 Å². The third-order valence-corrected chi connectivity index (χ3v) is 6.87. The molecule has 0 bridgehead atoms. The average Bonchev–Trinajstić information content (AvgIpc) is 2.88. The molecule has 4 unspecified atom stereocenters. The molecule has 0 radical (unpaired) electrons. The minimum Gasteiger partial charge on any atom is -0.390 e. The zero-order chi connectivity index (χ0) is 25.8. The molecule has 0 aromatic heterocycles. The van der Waals surface area contributed by atoms with Crippen LogP contribution in [0.3, 0.4) is 0 Å². The summed E-state index contributed by atoms with van der Waals surface area (Å²) in [4.78, 5) is 3.75. The molecule has 35 heavy (non-hydrogen) atoms. The number of rotatable bonds is 16. The molecule has 196 valence electrons. The molecule has 0 saturated carbocycles. The standard InChI is InChI=1S/C25H34Cl4N2O4/c26-10-22(32)14-30(15-23(33)11-27)20-5-1-18(2-6-20)9-19-3-7-21(8-4-19)31(16-24(34)12-28)17-25(35)13-29/h1-8,22-25,32-35H,9-17H2. The number of aliphatic hydroxyl groups is 4. The van der Waals surface area contributed by atoms with Crippen LogP contribution in [-0.4, -0.2) is 94.5 Å². The first-order valence-electron chi connectivity index (χ1n) is 11.4. The first-order valence-corrected chi connectivity index (χ1v) is 13.6. The van der Waals surface area contributed by atoms with Crippen LogP contribution in [0.1, 0.15) is 11.1 Å². The summed E-state index contributed by atoms with van der Waals surface area (Å²) in [5.41, 5.74) is 3.93. The molecule has 4 N–H and O–H groups in total. The fraction of sp³-hybridized carbons (Fsp3) is 0.520. The lowest BCUT2D eigenvalue weighted by atomic mass is 10.0. The Morgan fingerprint density at radius 3 is 0.971 bits per heavy atom. The van der Waals surface area contributed by atoms with E-state index in [2.05, 4.69) is 0 Å². The van der Waals surface area contributed by atoms with Gasteiger partial charge in [0.2, 0.25) is 0 Å². The van der Waals surface area contributed by atoms with Gasteiger partial charge in [-0.25, -0.2) is 0 Å². The molecule has 0 aliphatic heterocycles. The number of alkyl halides is 4. The second kappa shape index (κ2) is 16.0. The van der Waals surface area contributed by atoms with E-state index >= 15 is 0 Å². The molecular formula is C25H34Cl4N2O4. The van der Waals surface area contributed by atoms with Crippen molar-refractivity contribution in [2.24, 2.45) is 0 Å². The minimum absolute atomic E-state index is 0.106. The predicted molar refractivity (Wildman–Crippen MR) is 147 cm³/mol. The van der Waals surface area contributed by atoms with Crippen LogP contribution in [0.2, 0.25) is 0 Å². The van der Waals surface area contributed by atoms with Crippen molar-refractivity contribution in [3.63, 3.8) is 0 Å². The average molecular weight is 568 g/mol. The zero-order valence-electron chi connectivity index (χ0n) is 19.5. The van der Waals surface area contributed by atoms with E-state index in [9.17, 15) is 20.4 Å². The van der Waals surface area contributed by atoms with E-state index in [-0.39, 0.29) is 23.5 Å². The van der Waals surface area contributed by atoms with Gasteiger partial charge in [0.15, 0.2) is 0 Å². The molecular weight excluding hydrogens is 534 g/mol. The maximum Gasteiger partial charge on any atom is 0.0850 e. The summed E-state index contributed by atoms with van der Waals surface area (Å²) in [7, 11) is 0. The SMILES string of the molecule is OC(CCl)CN(CC(O)CCl)c1ccc(Cc2ccc(N(CC(O)CCl)CC(O)CCl)cc2)cc1. The van der Waals surface area contributed by atoms with E-state index < -0.39 is 24.4 Å². The van der Waals surface area contributed by atoms with Gasteiger partial charge in [-0.05, 0) is 41.8 Å². The van der Waals surface area contributed by atoms with Crippen molar-refractivity contribution in [1.29, 1.82) is 0 Å². The summed E-state index contributed by atoms with van der Waals surface area (Å²) in [5, 5.41) is 39.9. The number of benzene rings is 2. The highest BCUT2D eigenvalue weighted by Crippen LogP contribution is 2.21. The van der Waals surface area contributed by atoms with Gasteiger partial charge < -0.3 is 30.2 Å². The van der Waals surface area contributed by atoms with Crippen LogP contribution in [0.4, 0.5) is 11.4 Å². The van der Waals surface area contributed by atoms with E-state index in [0.29, 0.717) is 32.6 Å². The zero-order valence-corrected chi connectivity index (χ0v) is 22.5. The number of anilines is 2. The van der Waals surface area contributed by atoms with Gasteiger partial charge in [0.25, 0.3) is 0 Å². The highest BCUT2D eigenvalue weighted by Gasteiger charge is 2.17. The Labute approximate surface area is 227 Å². The van der Waals surface area contributed by atoms with Gasteiger partial charge in [-0.1, -0.05) is 24.3 Å². The van der Waals surface area contributed by atoms with Crippen molar-refractivity contribution in [3.8, 4) is 0 Å². The fourth-order valence-corrected chi connectivity index (χ4v) is 4.06. The van der Waals surface area contributed by atoms with Crippen LogP contribution in [0.5, 0.6) is 0 Å². The lowest BCUT2D eigenvalue weighted by molar-refractivity contribution is 0.180. The van der Waals surface area contributed by atoms with Crippen molar-refractivity contribution in [2.75, 3.05) is 59.5 Å². The largest absolute Gasteiger partial charge is 0.390 e. The van der Waals surface area contributed by atoms with E-state index in [1.165, 1.54) is 0 Å². The number of aliphatic hydroxyl groups excluding tert-OH is 4. The van der Waals surface area contributed by atoms with Crippen molar-refractivity contribution >= 4 is 57.8 Å². The van der Waals surface area contributed by atoms with Crippen LogP contribution in [0, 0.1) is 0 Å². The number of halogens is 4.